The Balaban J connectivity index is 2.26. The molecule has 0 radical (unpaired) electrons. The van der Waals surface area contributed by atoms with Crippen molar-refractivity contribution in [2.45, 2.75) is 13.8 Å². The molecule has 2 aromatic carbocycles. The second kappa shape index (κ2) is 4.74. The van der Waals surface area contributed by atoms with Gasteiger partial charge in [-0.05, 0) is 43.7 Å². The van der Waals surface area contributed by atoms with Gasteiger partial charge in [0, 0.05) is 12.6 Å². The zero-order valence-corrected chi connectivity index (χ0v) is 12.2. The third-order valence-corrected chi connectivity index (χ3v) is 3.76. The van der Waals surface area contributed by atoms with Crippen LogP contribution in [-0.2, 0) is 7.05 Å². The molecule has 1 N–H and O–H groups in total. The predicted octanol–water partition coefficient (Wildman–Crippen LogP) is 3.56. The van der Waals surface area contributed by atoms with E-state index in [0.29, 0.717) is 5.52 Å². The van der Waals surface area contributed by atoms with Crippen LogP contribution in [-0.4, -0.2) is 20.6 Å². The maximum atomic E-state index is 11.1. The maximum absolute atomic E-state index is 11.1. The van der Waals surface area contributed by atoms with Crippen LogP contribution in [0.5, 0.6) is 0 Å². The molecular weight excluding hydrogens is 264 g/mol. The van der Waals surface area contributed by atoms with Crippen molar-refractivity contribution in [1.29, 1.82) is 0 Å². The molecule has 0 atom stereocenters. The van der Waals surface area contributed by atoms with Crippen LogP contribution < -0.4 is 0 Å². The second-order valence-corrected chi connectivity index (χ2v) is 5.32. The normalized spacial score (nSPS) is 11.0. The molecule has 0 unspecified atom stereocenters. The van der Waals surface area contributed by atoms with E-state index in [-0.39, 0.29) is 5.56 Å². The molecule has 0 bridgehead atoms. The van der Waals surface area contributed by atoms with E-state index in [2.05, 4.69) is 30.1 Å². The lowest BCUT2D eigenvalue weighted by molar-refractivity contribution is 0.0697. The zero-order valence-electron chi connectivity index (χ0n) is 12.2. The number of carboxylic acid groups (broad SMARTS) is 1. The minimum atomic E-state index is -0.934. The number of benzene rings is 2. The van der Waals surface area contributed by atoms with Crippen LogP contribution in [0.25, 0.3) is 22.4 Å². The van der Waals surface area contributed by atoms with Gasteiger partial charge in [0.25, 0.3) is 0 Å². The number of aryl methyl sites for hydroxylation is 3. The Morgan fingerprint density at radius 1 is 1.14 bits per heavy atom. The number of aromatic carboxylic acids is 1. The summed E-state index contributed by atoms with van der Waals surface area (Å²) in [4.78, 5) is 15.7. The number of carbonyl (C=O) groups is 1. The average molecular weight is 280 g/mol. The number of fused-ring (bicyclic) bond motifs is 1. The minimum absolute atomic E-state index is 0.258. The lowest BCUT2D eigenvalue weighted by Gasteiger charge is -2.07. The number of rotatable bonds is 2. The van der Waals surface area contributed by atoms with Gasteiger partial charge in [-0.25, -0.2) is 9.78 Å². The van der Waals surface area contributed by atoms with Gasteiger partial charge in [-0.15, -0.1) is 0 Å². The van der Waals surface area contributed by atoms with Crippen molar-refractivity contribution in [2.24, 2.45) is 7.05 Å². The van der Waals surface area contributed by atoms with Crippen molar-refractivity contribution in [3.8, 4) is 11.4 Å². The molecule has 0 fully saturated rings. The van der Waals surface area contributed by atoms with E-state index in [4.69, 9.17) is 5.11 Å². The van der Waals surface area contributed by atoms with Gasteiger partial charge in [0.15, 0.2) is 0 Å². The molecule has 0 spiro atoms. The molecule has 4 nitrogen and oxygen atoms in total. The number of imidazole rings is 1. The molecule has 3 rings (SSSR count). The number of hydrogen-bond donors (Lipinski definition) is 1. The summed E-state index contributed by atoms with van der Waals surface area (Å²) >= 11 is 0. The van der Waals surface area contributed by atoms with Gasteiger partial charge in [-0.3, -0.25) is 0 Å². The summed E-state index contributed by atoms with van der Waals surface area (Å²) in [5.74, 6) is -0.0791. The highest BCUT2D eigenvalue weighted by Gasteiger charge is 2.13. The van der Waals surface area contributed by atoms with E-state index in [1.807, 2.05) is 18.5 Å². The van der Waals surface area contributed by atoms with Crippen LogP contribution in [0, 0.1) is 13.8 Å². The highest BCUT2D eigenvalue weighted by atomic mass is 16.4. The smallest absolute Gasteiger partial charge is 0.335 e. The van der Waals surface area contributed by atoms with Crippen molar-refractivity contribution in [1.82, 2.24) is 9.55 Å². The Hall–Kier alpha value is -2.62. The minimum Gasteiger partial charge on any atom is -0.478 e. The van der Waals surface area contributed by atoms with Crippen LogP contribution in [0.2, 0.25) is 0 Å². The molecule has 3 aromatic rings. The Morgan fingerprint density at radius 3 is 2.62 bits per heavy atom. The first-order valence-electron chi connectivity index (χ1n) is 6.75. The average Bonchev–Trinajstić information content (AvgIpc) is 2.78. The standard InChI is InChI=1S/C17H16N2O2/c1-10-4-5-11(2)13(8-10)16-18-14-9-12(17(20)21)6-7-15(14)19(16)3/h4-9H,1-3H3,(H,20,21). The topological polar surface area (TPSA) is 55.1 Å². The Kier molecular flexibility index (Phi) is 3.01. The predicted molar refractivity (Wildman–Crippen MR) is 82.6 cm³/mol. The Bertz CT molecular complexity index is 863. The summed E-state index contributed by atoms with van der Waals surface area (Å²) in [5, 5.41) is 9.08. The summed E-state index contributed by atoms with van der Waals surface area (Å²) in [6.45, 7) is 4.10. The zero-order chi connectivity index (χ0) is 15.1. The van der Waals surface area contributed by atoms with Crippen molar-refractivity contribution < 1.29 is 9.90 Å². The van der Waals surface area contributed by atoms with Gasteiger partial charge in [0.05, 0.1) is 16.6 Å². The summed E-state index contributed by atoms with van der Waals surface area (Å²) in [6, 6.07) is 11.3. The molecule has 4 heteroatoms. The van der Waals surface area contributed by atoms with Crippen molar-refractivity contribution in [3.63, 3.8) is 0 Å². The third-order valence-electron chi connectivity index (χ3n) is 3.76. The third kappa shape index (κ3) is 2.18. The first-order chi connectivity index (χ1) is 9.97. The molecule has 0 saturated heterocycles. The molecule has 0 saturated carbocycles. The molecule has 0 aliphatic rings. The molecule has 21 heavy (non-hydrogen) atoms. The molecule has 0 amide bonds. The van der Waals surface area contributed by atoms with E-state index in [0.717, 1.165) is 22.5 Å². The summed E-state index contributed by atoms with van der Waals surface area (Å²) in [6.07, 6.45) is 0. The monoisotopic (exact) mass is 280 g/mol. The highest BCUT2D eigenvalue weighted by Crippen LogP contribution is 2.27. The number of hydrogen-bond acceptors (Lipinski definition) is 2. The van der Waals surface area contributed by atoms with E-state index < -0.39 is 5.97 Å². The van der Waals surface area contributed by atoms with E-state index in [1.165, 1.54) is 5.56 Å². The number of nitrogens with zero attached hydrogens (tertiary/aromatic N) is 2. The Labute approximate surface area is 122 Å². The fourth-order valence-corrected chi connectivity index (χ4v) is 2.55. The largest absolute Gasteiger partial charge is 0.478 e. The fraction of sp³-hybridized carbons (Fsp3) is 0.176. The molecule has 0 aliphatic carbocycles. The van der Waals surface area contributed by atoms with Gasteiger partial charge in [0.2, 0.25) is 0 Å². The molecule has 1 aromatic heterocycles. The van der Waals surface area contributed by atoms with Crippen molar-refractivity contribution in [2.75, 3.05) is 0 Å². The Morgan fingerprint density at radius 2 is 1.90 bits per heavy atom. The van der Waals surface area contributed by atoms with Crippen LogP contribution in [0.1, 0.15) is 21.5 Å². The number of aromatic nitrogens is 2. The molecule has 1 heterocycles. The van der Waals surface area contributed by atoms with Gasteiger partial charge in [-0.2, -0.15) is 0 Å². The first-order valence-corrected chi connectivity index (χ1v) is 6.75. The van der Waals surface area contributed by atoms with Crippen LogP contribution in [0.15, 0.2) is 36.4 Å². The van der Waals surface area contributed by atoms with Gasteiger partial charge >= 0.3 is 5.97 Å². The summed E-state index contributed by atoms with van der Waals surface area (Å²) in [7, 11) is 1.95. The quantitative estimate of drug-likeness (QED) is 0.781. The van der Waals surface area contributed by atoms with Crippen molar-refractivity contribution >= 4 is 17.0 Å². The molecule has 106 valence electrons. The van der Waals surface area contributed by atoms with E-state index >= 15 is 0 Å². The van der Waals surface area contributed by atoms with Crippen LogP contribution >= 0.6 is 0 Å². The first kappa shape index (κ1) is 13.4. The maximum Gasteiger partial charge on any atom is 0.335 e. The van der Waals surface area contributed by atoms with Gasteiger partial charge < -0.3 is 9.67 Å². The lowest BCUT2D eigenvalue weighted by atomic mass is 10.1. The van der Waals surface area contributed by atoms with Gasteiger partial charge in [0.1, 0.15) is 5.82 Å². The van der Waals surface area contributed by atoms with Crippen molar-refractivity contribution in [3.05, 3.63) is 53.1 Å². The van der Waals surface area contributed by atoms with Crippen LogP contribution in [0.3, 0.4) is 0 Å². The lowest BCUT2D eigenvalue weighted by Crippen LogP contribution is -1.96. The highest BCUT2D eigenvalue weighted by molar-refractivity contribution is 5.93. The SMILES string of the molecule is Cc1ccc(C)c(-c2nc3cc(C(=O)O)ccc3n2C)c1. The number of carboxylic acids is 1. The van der Waals surface area contributed by atoms with Gasteiger partial charge in [-0.1, -0.05) is 17.7 Å². The van der Waals surface area contributed by atoms with E-state index in [9.17, 15) is 4.79 Å². The summed E-state index contributed by atoms with van der Waals surface area (Å²) in [5.41, 5.74) is 5.29. The van der Waals surface area contributed by atoms with E-state index in [1.54, 1.807) is 18.2 Å². The van der Waals surface area contributed by atoms with Crippen LogP contribution in [0.4, 0.5) is 0 Å². The molecular formula is C17H16N2O2. The molecule has 0 aliphatic heterocycles. The summed E-state index contributed by atoms with van der Waals surface area (Å²) < 4.78 is 2.00. The second-order valence-electron chi connectivity index (χ2n) is 5.32. The fourth-order valence-electron chi connectivity index (χ4n) is 2.55.